The van der Waals surface area contributed by atoms with E-state index in [1.807, 2.05) is 38.1 Å². The standard InChI is InChI=1S/C28H32BrN3O4S/c1-4-21(2)30-28(34)22(3)31(19-23-15-17-24(29)18-16-23)27(33)20-32(25-11-7-5-8-12-25)37(35,36)26-13-9-6-10-14-26/h5-18,21-22H,4,19-20H2,1-3H3,(H,30,34)/t21-,22+/m1/s1. The van der Waals surface area contributed by atoms with Gasteiger partial charge in [0.1, 0.15) is 12.6 Å². The lowest BCUT2D eigenvalue weighted by Gasteiger charge is -2.32. The van der Waals surface area contributed by atoms with Crippen LogP contribution in [0.15, 0.2) is 94.3 Å². The van der Waals surface area contributed by atoms with Gasteiger partial charge in [-0.15, -0.1) is 0 Å². The highest BCUT2D eigenvalue weighted by Gasteiger charge is 2.32. The monoisotopic (exact) mass is 585 g/mol. The number of amides is 2. The van der Waals surface area contributed by atoms with E-state index in [9.17, 15) is 18.0 Å². The molecule has 0 aliphatic heterocycles. The van der Waals surface area contributed by atoms with Crippen LogP contribution in [0.4, 0.5) is 5.69 Å². The lowest BCUT2D eigenvalue weighted by molar-refractivity contribution is -0.139. The third-order valence-electron chi connectivity index (χ3n) is 6.09. The van der Waals surface area contributed by atoms with Crippen LogP contribution in [-0.4, -0.2) is 43.8 Å². The normalized spacial score (nSPS) is 12.9. The Balaban J connectivity index is 1.98. The smallest absolute Gasteiger partial charge is 0.264 e. The van der Waals surface area contributed by atoms with E-state index in [1.54, 1.807) is 55.5 Å². The molecule has 0 radical (unpaired) electrons. The van der Waals surface area contributed by atoms with E-state index >= 15 is 0 Å². The molecule has 0 heterocycles. The molecule has 0 saturated heterocycles. The fourth-order valence-electron chi connectivity index (χ4n) is 3.68. The Kier molecular flexibility index (Phi) is 9.88. The van der Waals surface area contributed by atoms with Gasteiger partial charge in [-0.05, 0) is 62.2 Å². The van der Waals surface area contributed by atoms with Crippen LogP contribution in [0.5, 0.6) is 0 Å². The Hall–Kier alpha value is -3.17. The second-order valence-electron chi connectivity index (χ2n) is 8.80. The van der Waals surface area contributed by atoms with E-state index in [4.69, 9.17) is 0 Å². The summed E-state index contributed by atoms with van der Waals surface area (Å²) in [6.07, 6.45) is 0.746. The lowest BCUT2D eigenvalue weighted by atomic mass is 10.1. The lowest BCUT2D eigenvalue weighted by Crippen LogP contribution is -2.52. The number of para-hydroxylation sites is 1. The second kappa shape index (κ2) is 12.9. The Morgan fingerprint density at radius 3 is 2.03 bits per heavy atom. The molecule has 2 atom stereocenters. The number of halogens is 1. The third kappa shape index (κ3) is 7.42. The molecule has 3 aromatic rings. The van der Waals surface area contributed by atoms with Crippen molar-refractivity contribution in [3.8, 4) is 0 Å². The van der Waals surface area contributed by atoms with Crippen LogP contribution < -0.4 is 9.62 Å². The van der Waals surface area contributed by atoms with Crippen LogP contribution in [0.3, 0.4) is 0 Å². The largest absolute Gasteiger partial charge is 0.352 e. The summed E-state index contributed by atoms with van der Waals surface area (Å²) in [7, 11) is -4.05. The molecule has 9 heteroatoms. The van der Waals surface area contributed by atoms with E-state index in [-0.39, 0.29) is 23.4 Å². The van der Waals surface area contributed by atoms with Gasteiger partial charge in [0.25, 0.3) is 10.0 Å². The Labute approximate surface area is 227 Å². The van der Waals surface area contributed by atoms with Gasteiger partial charge in [-0.25, -0.2) is 8.42 Å². The van der Waals surface area contributed by atoms with Gasteiger partial charge >= 0.3 is 0 Å². The summed E-state index contributed by atoms with van der Waals surface area (Å²) >= 11 is 3.41. The minimum absolute atomic E-state index is 0.0566. The first-order valence-electron chi connectivity index (χ1n) is 12.1. The Morgan fingerprint density at radius 1 is 0.892 bits per heavy atom. The molecule has 0 aromatic heterocycles. The summed E-state index contributed by atoms with van der Waals surface area (Å²) in [4.78, 5) is 28.3. The van der Waals surface area contributed by atoms with Gasteiger partial charge in [0.2, 0.25) is 11.8 Å². The molecule has 37 heavy (non-hydrogen) atoms. The molecule has 196 valence electrons. The average molecular weight is 587 g/mol. The molecular weight excluding hydrogens is 554 g/mol. The average Bonchev–Trinajstić information content (AvgIpc) is 2.91. The fourth-order valence-corrected chi connectivity index (χ4v) is 5.38. The predicted molar refractivity (Wildman–Crippen MR) is 149 cm³/mol. The topological polar surface area (TPSA) is 86.8 Å². The van der Waals surface area contributed by atoms with Crippen molar-refractivity contribution in [2.75, 3.05) is 10.8 Å². The Morgan fingerprint density at radius 2 is 1.46 bits per heavy atom. The third-order valence-corrected chi connectivity index (χ3v) is 8.41. The summed E-state index contributed by atoms with van der Waals surface area (Å²) in [6, 6.07) is 23.1. The minimum atomic E-state index is -4.05. The van der Waals surface area contributed by atoms with Crippen molar-refractivity contribution in [1.82, 2.24) is 10.2 Å². The van der Waals surface area contributed by atoms with Crippen LogP contribution in [0.25, 0.3) is 0 Å². The van der Waals surface area contributed by atoms with E-state index in [0.29, 0.717) is 5.69 Å². The number of hydrogen-bond donors (Lipinski definition) is 1. The zero-order valence-electron chi connectivity index (χ0n) is 21.2. The van der Waals surface area contributed by atoms with E-state index < -0.39 is 28.5 Å². The van der Waals surface area contributed by atoms with Gasteiger partial charge in [-0.1, -0.05) is 71.4 Å². The number of benzene rings is 3. The number of hydrogen-bond acceptors (Lipinski definition) is 4. The number of rotatable bonds is 11. The maximum atomic E-state index is 13.8. The van der Waals surface area contributed by atoms with Crippen molar-refractivity contribution in [3.63, 3.8) is 0 Å². The molecule has 3 aromatic carbocycles. The highest BCUT2D eigenvalue weighted by atomic mass is 79.9. The van der Waals surface area contributed by atoms with Gasteiger partial charge in [0.05, 0.1) is 10.6 Å². The van der Waals surface area contributed by atoms with Crippen molar-refractivity contribution >= 4 is 43.5 Å². The number of carbonyl (C=O) groups is 2. The molecule has 0 bridgehead atoms. The van der Waals surface area contributed by atoms with Crippen molar-refractivity contribution in [1.29, 1.82) is 0 Å². The molecular formula is C28H32BrN3O4S. The number of nitrogens with one attached hydrogen (secondary N) is 1. The van der Waals surface area contributed by atoms with Crippen LogP contribution in [-0.2, 0) is 26.2 Å². The highest BCUT2D eigenvalue weighted by Crippen LogP contribution is 2.24. The van der Waals surface area contributed by atoms with Crippen molar-refractivity contribution in [3.05, 3.63) is 95.0 Å². The molecule has 0 saturated carbocycles. The van der Waals surface area contributed by atoms with Crippen LogP contribution in [0.1, 0.15) is 32.8 Å². The molecule has 1 N–H and O–H groups in total. The molecule has 2 amide bonds. The van der Waals surface area contributed by atoms with Crippen LogP contribution in [0.2, 0.25) is 0 Å². The van der Waals surface area contributed by atoms with E-state index in [2.05, 4.69) is 21.2 Å². The summed E-state index contributed by atoms with van der Waals surface area (Å²) in [5.41, 5.74) is 1.18. The summed E-state index contributed by atoms with van der Waals surface area (Å²) < 4.78 is 29.3. The molecule has 0 unspecified atom stereocenters. The molecule has 0 aliphatic carbocycles. The first kappa shape index (κ1) is 28.4. The maximum Gasteiger partial charge on any atom is 0.264 e. The van der Waals surface area contributed by atoms with E-state index in [0.717, 1.165) is 20.8 Å². The first-order valence-corrected chi connectivity index (χ1v) is 14.3. The molecule has 0 fully saturated rings. The summed E-state index contributed by atoms with van der Waals surface area (Å²) in [6.45, 7) is 5.21. The molecule has 7 nitrogen and oxygen atoms in total. The van der Waals surface area contributed by atoms with Gasteiger partial charge < -0.3 is 10.2 Å². The zero-order chi connectivity index (χ0) is 27.0. The van der Waals surface area contributed by atoms with Gasteiger partial charge in [0.15, 0.2) is 0 Å². The summed E-state index contributed by atoms with van der Waals surface area (Å²) in [5.74, 6) is -0.782. The number of carbonyl (C=O) groups excluding carboxylic acids is 2. The minimum Gasteiger partial charge on any atom is -0.352 e. The quantitative estimate of drug-likeness (QED) is 0.344. The van der Waals surface area contributed by atoms with Gasteiger partial charge in [0, 0.05) is 17.1 Å². The number of nitrogens with zero attached hydrogens (tertiary/aromatic N) is 2. The van der Waals surface area contributed by atoms with Crippen LogP contribution >= 0.6 is 15.9 Å². The van der Waals surface area contributed by atoms with E-state index in [1.165, 1.54) is 17.0 Å². The predicted octanol–water partition coefficient (Wildman–Crippen LogP) is 4.98. The molecule has 0 spiro atoms. The summed E-state index contributed by atoms with van der Waals surface area (Å²) in [5, 5.41) is 2.93. The fraction of sp³-hybridized carbons (Fsp3) is 0.286. The van der Waals surface area contributed by atoms with Crippen molar-refractivity contribution < 1.29 is 18.0 Å². The van der Waals surface area contributed by atoms with Gasteiger partial charge in [-0.3, -0.25) is 13.9 Å². The first-order chi connectivity index (χ1) is 17.6. The van der Waals surface area contributed by atoms with Crippen molar-refractivity contribution in [2.24, 2.45) is 0 Å². The van der Waals surface area contributed by atoms with Crippen LogP contribution in [0, 0.1) is 0 Å². The highest BCUT2D eigenvalue weighted by molar-refractivity contribution is 9.10. The molecule has 3 rings (SSSR count). The SMILES string of the molecule is CC[C@@H](C)NC(=O)[C@H](C)N(Cc1ccc(Br)cc1)C(=O)CN(c1ccccc1)S(=O)(=O)c1ccccc1. The van der Waals surface area contributed by atoms with Gasteiger partial charge in [-0.2, -0.15) is 0 Å². The Bertz CT molecular complexity index is 1290. The number of anilines is 1. The van der Waals surface area contributed by atoms with Crippen molar-refractivity contribution in [2.45, 2.75) is 50.7 Å². The molecule has 0 aliphatic rings. The maximum absolute atomic E-state index is 13.8. The second-order valence-corrected chi connectivity index (χ2v) is 11.6. The zero-order valence-corrected chi connectivity index (χ0v) is 23.6. The number of sulfonamides is 1.